The first-order valence-electron chi connectivity index (χ1n) is 16.7. The summed E-state index contributed by atoms with van der Waals surface area (Å²) in [7, 11) is 0. The molecule has 1 fully saturated rings. The van der Waals surface area contributed by atoms with Gasteiger partial charge in [0, 0.05) is 43.9 Å². The lowest BCUT2D eigenvalue weighted by atomic mass is 9.93. The number of nitrogens with one attached hydrogen (secondary N) is 2. The number of rotatable bonds is 14. The number of pyridine rings is 1. The van der Waals surface area contributed by atoms with Crippen LogP contribution in [-0.2, 0) is 33.6 Å². The van der Waals surface area contributed by atoms with E-state index in [0.29, 0.717) is 32.4 Å². The summed E-state index contributed by atoms with van der Waals surface area (Å²) in [5, 5.41) is 6.17. The van der Waals surface area contributed by atoms with Gasteiger partial charge in [-0.15, -0.1) is 0 Å². The molecule has 4 rings (SSSR count). The average Bonchev–Trinajstić information content (AvgIpc) is 3.04. The predicted octanol–water partition coefficient (Wildman–Crippen LogP) is 6.29. The van der Waals surface area contributed by atoms with E-state index >= 15 is 0 Å². The molecule has 3 amide bonds. The maximum Gasteiger partial charge on any atom is 0.408 e. The van der Waals surface area contributed by atoms with Gasteiger partial charge in [-0.3, -0.25) is 14.6 Å². The second-order valence-corrected chi connectivity index (χ2v) is 13.3. The van der Waals surface area contributed by atoms with Crippen molar-refractivity contribution >= 4 is 17.9 Å². The zero-order valence-electron chi connectivity index (χ0n) is 27.6. The van der Waals surface area contributed by atoms with E-state index in [1.165, 1.54) is 11.1 Å². The highest BCUT2D eigenvalue weighted by Gasteiger charge is 2.33. The number of hydrogen-bond acceptors (Lipinski definition) is 5. The first-order chi connectivity index (χ1) is 22.2. The SMILES string of the molecule is CC(C)(C)OC(=O)N[C@@H](Cc1cccnc1)C(=O)N1CCC(C(=O)NC(CCCc2ccccc2)CCCc2ccccc2)CC1. The van der Waals surface area contributed by atoms with Crippen LogP contribution in [-0.4, -0.2) is 58.6 Å². The Morgan fingerprint density at radius 1 is 0.826 bits per heavy atom. The molecule has 1 aliphatic rings. The van der Waals surface area contributed by atoms with E-state index in [0.717, 1.165) is 44.1 Å². The second kappa shape index (κ2) is 17.5. The van der Waals surface area contributed by atoms with Gasteiger partial charge < -0.3 is 20.3 Å². The van der Waals surface area contributed by atoms with Crippen molar-refractivity contribution in [3.63, 3.8) is 0 Å². The second-order valence-electron chi connectivity index (χ2n) is 13.3. The lowest BCUT2D eigenvalue weighted by Gasteiger charge is -2.34. The van der Waals surface area contributed by atoms with Crippen molar-refractivity contribution in [1.82, 2.24) is 20.5 Å². The highest BCUT2D eigenvalue weighted by molar-refractivity contribution is 5.86. The molecular formula is C38H50N4O4. The van der Waals surface area contributed by atoms with Crippen LogP contribution < -0.4 is 10.6 Å². The number of likely N-dealkylation sites (tertiary alicyclic amines) is 1. The van der Waals surface area contributed by atoms with E-state index in [4.69, 9.17) is 4.74 Å². The fourth-order valence-electron chi connectivity index (χ4n) is 5.99. The van der Waals surface area contributed by atoms with E-state index in [1.807, 2.05) is 24.3 Å². The van der Waals surface area contributed by atoms with Crippen LogP contribution in [0.4, 0.5) is 4.79 Å². The summed E-state index contributed by atoms with van der Waals surface area (Å²) in [6.45, 7) is 6.29. The molecule has 46 heavy (non-hydrogen) atoms. The Labute approximate surface area is 274 Å². The van der Waals surface area contributed by atoms with Gasteiger partial charge in [0.25, 0.3) is 0 Å². The van der Waals surface area contributed by atoms with Gasteiger partial charge in [-0.1, -0.05) is 66.7 Å². The van der Waals surface area contributed by atoms with Crippen molar-refractivity contribution in [2.24, 2.45) is 5.92 Å². The predicted molar refractivity (Wildman–Crippen MR) is 181 cm³/mol. The first kappa shape index (κ1) is 34.7. The molecule has 0 bridgehead atoms. The maximum atomic E-state index is 13.7. The number of carbonyl (C=O) groups is 3. The largest absolute Gasteiger partial charge is 0.444 e. The molecule has 246 valence electrons. The molecule has 3 aromatic rings. The van der Waals surface area contributed by atoms with Crippen LogP contribution in [0.1, 0.15) is 76.0 Å². The van der Waals surface area contributed by atoms with E-state index < -0.39 is 17.7 Å². The minimum absolute atomic E-state index is 0.0790. The van der Waals surface area contributed by atoms with Crippen LogP contribution >= 0.6 is 0 Å². The molecule has 1 saturated heterocycles. The fraction of sp³-hybridized carbons (Fsp3) is 0.474. The number of piperidine rings is 1. The highest BCUT2D eigenvalue weighted by Crippen LogP contribution is 2.21. The highest BCUT2D eigenvalue weighted by atomic mass is 16.6. The molecule has 1 aliphatic heterocycles. The molecule has 0 aliphatic carbocycles. The summed E-state index contributed by atoms with van der Waals surface area (Å²) in [4.78, 5) is 45.7. The number of ether oxygens (including phenoxy) is 1. The Morgan fingerprint density at radius 3 is 1.91 bits per heavy atom. The monoisotopic (exact) mass is 626 g/mol. The van der Waals surface area contributed by atoms with Crippen LogP contribution in [0.15, 0.2) is 85.2 Å². The molecule has 0 saturated carbocycles. The number of carbonyl (C=O) groups excluding carboxylic acids is 3. The Hall–Kier alpha value is -4.20. The number of aromatic nitrogens is 1. The zero-order chi connectivity index (χ0) is 32.8. The van der Waals surface area contributed by atoms with Crippen LogP contribution in [0.5, 0.6) is 0 Å². The fourth-order valence-corrected chi connectivity index (χ4v) is 5.99. The number of hydrogen-bond donors (Lipinski definition) is 2. The van der Waals surface area contributed by atoms with Gasteiger partial charge in [0.2, 0.25) is 11.8 Å². The van der Waals surface area contributed by atoms with Crippen molar-refractivity contribution < 1.29 is 19.1 Å². The third-order valence-electron chi connectivity index (χ3n) is 8.40. The van der Waals surface area contributed by atoms with Crippen LogP contribution in [0, 0.1) is 5.92 Å². The third-order valence-corrected chi connectivity index (χ3v) is 8.40. The Bertz CT molecular complexity index is 1310. The Morgan fingerprint density at radius 2 is 1.39 bits per heavy atom. The number of benzene rings is 2. The number of amides is 3. The molecule has 0 spiro atoms. The molecule has 8 nitrogen and oxygen atoms in total. The van der Waals surface area contributed by atoms with E-state index in [-0.39, 0.29) is 23.8 Å². The van der Waals surface area contributed by atoms with Crippen LogP contribution in [0.3, 0.4) is 0 Å². The summed E-state index contributed by atoms with van der Waals surface area (Å²) in [5.41, 5.74) is 2.80. The topological polar surface area (TPSA) is 101 Å². The summed E-state index contributed by atoms with van der Waals surface area (Å²) >= 11 is 0. The number of nitrogens with zero attached hydrogens (tertiary/aromatic N) is 2. The van der Waals surface area contributed by atoms with Gasteiger partial charge >= 0.3 is 6.09 Å². The summed E-state index contributed by atoms with van der Waals surface area (Å²) < 4.78 is 5.45. The molecule has 0 unspecified atom stereocenters. The van der Waals surface area contributed by atoms with Crippen molar-refractivity contribution in [2.45, 2.75) is 96.2 Å². The zero-order valence-corrected chi connectivity index (χ0v) is 27.6. The van der Waals surface area contributed by atoms with Gasteiger partial charge in [0.15, 0.2) is 0 Å². The molecular weight excluding hydrogens is 576 g/mol. The average molecular weight is 627 g/mol. The van der Waals surface area contributed by atoms with Crippen molar-refractivity contribution in [1.29, 1.82) is 0 Å². The van der Waals surface area contributed by atoms with Crippen molar-refractivity contribution in [3.8, 4) is 0 Å². The molecule has 2 N–H and O–H groups in total. The first-order valence-corrected chi connectivity index (χ1v) is 16.7. The van der Waals surface area contributed by atoms with Crippen LogP contribution in [0.25, 0.3) is 0 Å². The number of aryl methyl sites for hydroxylation is 2. The van der Waals surface area contributed by atoms with Gasteiger partial charge in [0.05, 0.1) is 0 Å². The summed E-state index contributed by atoms with van der Waals surface area (Å²) in [6, 6.07) is 24.0. The maximum absolute atomic E-state index is 13.7. The van der Waals surface area contributed by atoms with Crippen molar-refractivity contribution in [3.05, 3.63) is 102 Å². The van der Waals surface area contributed by atoms with Gasteiger partial charge in [0.1, 0.15) is 11.6 Å². The minimum Gasteiger partial charge on any atom is -0.444 e. The smallest absolute Gasteiger partial charge is 0.408 e. The molecule has 1 atom stereocenters. The van der Waals surface area contributed by atoms with E-state index in [1.54, 1.807) is 38.1 Å². The molecule has 1 aromatic heterocycles. The third kappa shape index (κ3) is 12.0. The Balaban J connectivity index is 1.31. The standard InChI is InChI=1S/C38H50N4O4/c1-38(2,3)46-37(45)41-34(27-31-19-12-24-39-28-31)36(44)42-25-22-32(23-26-42)35(43)40-33(20-10-17-29-13-6-4-7-14-29)21-11-18-30-15-8-5-9-16-30/h4-9,12-16,19,24,28,32-34H,10-11,17-18,20-23,25-27H2,1-3H3,(H,40,43)(H,41,45)/t34-/m0/s1. The molecule has 8 heteroatoms. The van der Waals surface area contributed by atoms with E-state index in [9.17, 15) is 14.4 Å². The van der Waals surface area contributed by atoms with Gasteiger partial charge in [-0.25, -0.2) is 4.79 Å². The molecule has 0 radical (unpaired) electrons. The minimum atomic E-state index is -0.789. The lowest BCUT2D eigenvalue weighted by Crippen LogP contribution is -2.53. The Kier molecular flexibility index (Phi) is 13.2. The van der Waals surface area contributed by atoms with E-state index in [2.05, 4.69) is 64.1 Å². The van der Waals surface area contributed by atoms with Crippen molar-refractivity contribution in [2.75, 3.05) is 13.1 Å². The number of alkyl carbamates (subject to hydrolysis) is 1. The molecule has 2 heterocycles. The summed E-state index contributed by atoms with van der Waals surface area (Å²) in [6.07, 6.45) is 10.1. The molecule has 2 aromatic carbocycles. The summed E-state index contributed by atoms with van der Waals surface area (Å²) in [5.74, 6) is -0.242. The lowest BCUT2D eigenvalue weighted by molar-refractivity contribution is -0.137. The normalized spacial score (nSPS) is 14.5. The van der Waals surface area contributed by atoms with Crippen LogP contribution in [0.2, 0.25) is 0 Å². The van der Waals surface area contributed by atoms with Gasteiger partial charge in [-0.05, 0) is 94.9 Å². The quantitative estimate of drug-likeness (QED) is 0.219. The van der Waals surface area contributed by atoms with Gasteiger partial charge in [-0.2, -0.15) is 0 Å².